The largest absolute Gasteiger partial charge is 0.491 e. The van der Waals surface area contributed by atoms with Crippen LogP contribution in [0.5, 0.6) is 5.88 Å². The smallest absolute Gasteiger partial charge is 0.248 e. The zero-order valence-corrected chi connectivity index (χ0v) is 4.44. The molecule has 0 saturated heterocycles. The number of aromatic hydroxyl groups is 1. The summed E-state index contributed by atoms with van der Waals surface area (Å²) in [5, 5.41) is 16.9. The van der Waals surface area contributed by atoms with Crippen molar-refractivity contribution in [2.24, 2.45) is 0 Å². The fourth-order valence-electron chi connectivity index (χ4n) is 0.410. The second kappa shape index (κ2) is 2.09. The summed E-state index contributed by atoms with van der Waals surface area (Å²) in [4.78, 5) is 6.94. The standard InChI is InChI=1S/C5H3N3O/c6-3-4-5(9)8-2-1-7-4/h1-2H,(H,8,9). The molecule has 0 amide bonds. The normalized spacial score (nSPS) is 8.33. The summed E-state index contributed by atoms with van der Waals surface area (Å²) in [6.45, 7) is 0. The van der Waals surface area contributed by atoms with Crippen LogP contribution in [-0.4, -0.2) is 15.1 Å². The van der Waals surface area contributed by atoms with Gasteiger partial charge in [0.1, 0.15) is 6.07 Å². The van der Waals surface area contributed by atoms with Gasteiger partial charge in [0.15, 0.2) is 0 Å². The Labute approximate surface area is 51.4 Å². The summed E-state index contributed by atoms with van der Waals surface area (Å²) >= 11 is 0. The summed E-state index contributed by atoms with van der Waals surface area (Å²) in [5.74, 6) is -0.319. The van der Waals surface area contributed by atoms with Crippen LogP contribution in [0.1, 0.15) is 5.69 Å². The highest BCUT2D eigenvalue weighted by Gasteiger charge is 1.97. The van der Waals surface area contributed by atoms with E-state index in [1.807, 2.05) is 0 Å². The molecule has 0 unspecified atom stereocenters. The van der Waals surface area contributed by atoms with Crippen molar-refractivity contribution in [3.05, 3.63) is 18.1 Å². The van der Waals surface area contributed by atoms with Gasteiger partial charge in [-0.15, -0.1) is 0 Å². The third-order valence-corrected chi connectivity index (χ3v) is 0.785. The molecule has 0 atom stereocenters. The van der Waals surface area contributed by atoms with Crippen LogP contribution in [0.2, 0.25) is 0 Å². The lowest BCUT2D eigenvalue weighted by molar-refractivity contribution is 0.448. The average Bonchev–Trinajstić information content (AvgIpc) is 1.89. The van der Waals surface area contributed by atoms with E-state index in [9.17, 15) is 0 Å². The van der Waals surface area contributed by atoms with Crippen molar-refractivity contribution >= 4 is 0 Å². The van der Waals surface area contributed by atoms with Crippen molar-refractivity contribution in [3.8, 4) is 11.9 Å². The molecule has 0 aliphatic heterocycles. The quantitative estimate of drug-likeness (QED) is 0.526. The molecule has 1 rings (SSSR count). The molecule has 0 bridgehead atoms. The number of nitrogens with zero attached hydrogens (tertiary/aromatic N) is 3. The molecule has 0 aliphatic carbocycles. The van der Waals surface area contributed by atoms with Crippen molar-refractivity contribution in [1.82, 2.24) is 9.97 Å². The van der Waals surface area contributed by atoms with Crippen LogP contribution in [0.15, 0.2) is 12.4 Å². The monoisotopic (exact) mass is 121 g/mol. The van der Waals surface area contributed by atoms with E-state index in [1.54, 1.807) is 6.07 Å². The molecule has 9 heavy (non-hydrogen) atoms. The number of hydrogen-bond donors (Lipinski definition) is 1. The molecule has 0 spiro atoms. The van der Waals surface area contributed by atoms with E-state index in [2.05, 4.69) is 9.97 Å². The van der Waals surface area contributed by atoms with Gasteiger partial charge in [0.05, 0.1) is 0 Å². The van der Waals surface area contributed by atoms with Gasteiger partial charge in [-0.2, -0.15) is 5.26 Å². The molecule has 4 nitrogen and oxygen atoms in total. The van der Waals surface area contributed by atoms with E-state index in [4.69, 9.17) is 10.4 Å². The summed E-state index contributed by atoms with van der Waals surface area (Å²) in [7, 11) is 0. The van der Waals surface area contributed by atoms with Crippen LogP contribution in [0.25, 0.3) is 0 Å². The van der Waals surface area contributed by atoms with Gasteiger partial charge in [0.2, 0.25) is 11.6 Å². The molecule has 1 N–H and O–H groups in total. The predicted molar refractivity (Wildman–Crippen MR) is 28.4 cm³/mol. The third kappa shape index (κ3) is 0.941. The molecule has 44 valence electrons. The summed E-state index contributed by atoms with van der Waals surface area (Å²) in [6, 6.07) is 1.67. The van der Waals surface area contributed by atoms with Crippen molar-refractivity contribution in [1.29, 1.82) is 5.26 Å². The van der Waals surface area contributed by atoms with Crippen molar-refractivity contribution < 1.29 is 5.11 Å². The molecule has 0 saturated carbocycles. The van der Waals surface area contributed by atoms with Gasteiger partial charge in [-0.1, -0.05) is 0 Å². The van der Waals surface area contributed by atoms with Crippen LogP contribution >= 0.6 is 0 Å². The van der Waals surface area contributed by atoms with Crippen molar-refractivity contribution in [2.75, 3.05) is 0 Å². The Morgan fingerprint density at radius 1 is 1.44 bits per heavy atom. The Bertz CT molecular complexity index is 253. The lowest BCUT2D eigenvalue weighted by Crippen LogP contribution is -1.83. The number of rotatable bonds is 0. The van der Waals surface area contributed by atoms with Crippen molar-refractivity contribution in [2.45, 2.75) is 0 Å². The summed E-state index contributed by atoms with van der Waals surface area (Å²) in [5.41, 5.74) is -0.0440. The van der Waals surface area contributed by atoms with E-state index < -0.39 is 0 Å². The Morgan fingerprint density at radius 3 is 2.56 bits per heavy atom. The number of hydrogen-bond acceptors (Lipinski definition) is 4. The van der Waals surface area contributed by atoms with Gasteiger partial charge >= 0.3 is 0 Å². The van der Waals surface area contributed by atoms with Crippen LogP contribution < -0.4 is 0 Å². The van der Waals surface area contributed by atoms with Crippen LogP contribution in [-0.2, 0) is 0 Å². The maximum absolute atomic E-state index is 8.71. The lowest BCUT2D eigenvalue weighted by Gasteiger charge is -1.87. The molecule has 0 fully saturated rings. The first-order valence-electron chi connectivity index (χ1n) is 2.24. The van der Waals surface area contributed by atoms with E-state index in [0.717, 1.165) is 0 Å². The number of nitriles is 1. The highest BCUT2D eigenvalue weighted by molar-refractivity contribution is 5.28. The first kappa shape index (κ1) is 5.51. The Morgan fingerprint density at radius 2 is 2.11 bits per heavy atom. The summed E-state index contributed by atoms with van der Waals surface area (Å²) < 4.78 is 0. The molecule has 0 radical (unpaired) electrons. The zero-order chi connectivity index (χ0) is 6.69. The predicted octanol–water partition coefficient (Wildman–Crippen LogP) is 0.0539. The maximum atomic E-state index is 8.71. The SMILES string of the molecule is N#Cc1nccnc1O. The second-order valence-corrected chi connectivity index (χ2v) is 1.34. The summed E-state index contributed by atoms with van der Waals surface area (Å²) in [6.07, 6.45) is 2.66. The number of aromatic nitrogens is 2. The van der Waals surface area contributed by atoms with Crippen LogP contribution in [0.4, 0.5) is 0 Å². The van der Waals surface area contributed by atoms with Gasteiger partial charge in [-0.05, 0) is 0 Å². The Balaban J connectivity index is 3.20. The Kier molecular flexibility index (Phi) is 1.28. The molecular weight excluding hydrogens is 118 g/mol. The minimum Gasteiger partial charge on any atom is -0.491 e. The topological polar surface area (TPSA) is 69.8 Å². The van der Waals surface area contributed by atoms with Gasteiger partial charge in [0, 0.05) is 12.4 Å². The van der Waals surface area contributed by atoms with Gasteiger partial charge in [-0.3, -0.25) is 0 Å². The van der Waals surface area contributed by atoms with E-state index in [-0.39, 0.29) is 11.6 Å². The third-order valence-electron chi connectivity index (χ3n) is 0.785. The van der Waals surface area contributed by atoms with Crippen molar-refractivity contribution in [3.63, 3.8) is 0 Å². The molecular formula is C5H3N3O. The first-order chi connectivity index (χ1) is 4.34. The second-order valence-electron chi connectivity index (χ2n) is 1.34. The fraction of sp³-hybridized carbons (Fsp3) is 0. The van der Waals surface area contributed by atoms with Crippen LogP contribution in [0, 0.1) is 11.3 Å². The fourth-order valence-corrected chi connectivity index (χ4v) is 0.410. The minimum absolute atomic E-state index is 0.0440. The van der Waals surface area contributed by atoms with Gasteiger partial charge in [0.25, 0.3) is 0 Å². The molecule has 1 aromatic heterocycles. The highest BCUT2D eigenvalue weighted by atomic mass is 16.3. The van der Waals surface area contributed by atoms with Gasteiger partial charge in [-0.25, -0.2) is 9.97 Å². The molecule has 0 aromatic carbocycles. The molecule has 1 aromatic rings. The maximum Gasteiger partial charge on any atom is 0.248 e. The minimum atomic E-state index is -0.319. The Hall–Kier alpha value is -1.63. The van der Waals surface area contributed by atoms with Crippen LogP contribution in [0.3, 0.4) is 0 Å². The average molecular weight is 121 g/mol. The molecule has 1 heterocycles. The highest BCUT2D eigenvalue weighted by Crippen LogP contribution is 2.04. The van der Waals surface area contributed by atoms with Gasteiger partial charge < -0.3 is 5.11 Å². The van der Waals surface area contributed by atoms with E-state index in [0.29, 0.717) is 0 Å². The zero-order valence-electron chi connectivity index (χ0n) is 4.44. The van der Waals surface area contributed by atoms with E-state index >= 15 is 0 Å². The lowest BCUT2D eigenvalue weighted by atomic mass is 10.5. The molecule has 0 aliphatic rings. The van der Waals surface area contributed by atoms with E-state index in [1.165, 1.54) is 12.4 Å². The first-order valence-corrected chi connectivity index (χ1v) is 2.24. The molecule has 4 heteroatoms.